The van der Waals surface area contributed by atoms with Crippen LogP contribution in [0.5, 0.6) is 5.75 Å². The molecule has 106 valence electrons. The van der Waals surface area contributed by atoms with Gasteiger partial charge in [-0.25, -0.2) is 4.98 Å². The van der Waals surface area contributed by atoms with Gasteiger partial charge in [-0.05, 0) is 65.2 Å². The summed E-state index contributed by atoms with van der Waals surface area (Å²) in [6.07, 6.45) is 0.942. The van der Waals surface area contributed by atoms with E-state index in [0.29, 0.717) is 0 Å². The Morgan fingerprint density at radius 3 is 2.60 bits per heavy atom. The molecule has 0 radical (unpaired) electrons. The standard InChI is InChI=1S/C16H19BrN2O/c1-5-12-10-13(6-8-15(12)20-4)19(3)16-9-7-14(17)11(2)18-16/h6-10H,5H2,1-4H3. The summed E-state index contributed by atoms with van der Waals surface area (Å²) in [7, 11) is 3.73. The first-order valence-electron chi connectivity index (χ1n) is 6.60. The van der Waals surface area contributed by atoms with E-state index in [2.05, 4.69) is 44.9 Å². The molecule has 1 aromatic heterocycles. The van der Waals surface area contributed by atoms with E-state index >= 15 is 0 Å². The van der Waals surface area contributed by atoms with Gasteiger partial charge in [-0.1, -0.05) is 6.92 Å². The van der Waals surface area contributed by atoms with Gasteiger partial charge in [0, 0.05) is 17.2 Å². The van der Waals surface area contributed by atoms with E-state index in [1.54, 1.807) is 7.11 Å². The zero-order chi connectivity index (χ0) is 14.7. The molecule has 2 rings (SSSR count). The lowest BCUT2D eigenvalue weighted by molar-refractivity contribution is 0.410. The van der Waals surface area contributed by atoms with Gasteiger partial charge in [0.15, 0.2) is 0 Å². The SMILES string of the molecule is CCc1cc(N(C)c2ccc(Br)c(C)n2)ccc1OC. The highest BCUT2D eigenvalue weighted by Crippen LogP contribution is 2.29. The summed E-state index contributed by atoms with van der Waals surface area (Å²) in [5, 5.41) is 0. The maximum Gasteiger partial charge on any atom is 0.133 e. The van der Waals surface area contributed by atoms with Crippen LogP contribution < -0.4 is 9.64 Å². The number of anilines is 2. The molecule has 0 aliphatic carbocycles. The molecular formula is C16H19BrN2O. The van der Waals surface area contributed by atoms with Crippen LogP contribution >= 0.6 is 15.9 Å². The second-order valence-corrected chi connectivity index (χ2v) is 5.50. The van der Waals surface area contributed by atoms with Crippen LogP contribution in [0.25, 0.3) is 0 Å². The molecule has 20 heavy (non-hydrogen) atoms. The van der Waals surface area contributed by atoms with Gasteiger partial charge in [-0.3, -0.25) is 0 Å². The van der Waals surface area contributed by atoms with Crippen LogP contribution in [0.15, 0.2) is 34.8 Å². The average Bonchev–Trinajstić information content (AvgIpc) is 2.48. The first kappa shape index (κ1) is 14.9. The summed E-state index contributed by atoms with van der Waals surface area (Å²) < 4.78 is 6.40. The predicted molar refractivity (Wildman–Crippen MR) is 87.1 cm³/mol. The largest absolute Gasteiger partial charge is 0.496 e. The molecule has 0 unspecified atom stereocenters. The molecule has 0 atom stereocenters. The van der Waals surface area contributed by atoms with Crippen LogP contribution in [-0.2, 0) is 6.42 Å². The van der Waals surface area contributed by atoms with Gasteiger partial charge in [0.25, 0.3) is 0 Å². The third-order valence-corrected chi connectivity index (χ3v) is 4.22. The Morgan fingerprint density at radius 1 is 1.25 bits per heavy atom. The van der Waals surface area contributed by atoms with Crippen LogP contribution in [0.1, 0.15) is 18.2 Å². The number of methoxy groups -OCH3 is 1. The zero-order valence-electron chi connectivity index (χ0n) is 12.3. The lowest BCUT2D eigenvalue weighted by atomic mass is 10.1. The van der Waals surface area contributed by atoms with Crippen molar-refractivity contribution in [3.63, 3.8) is 0 Å². The molecule has 0 fully saturated rings. The van der Waals surface area contributed by atoms with Crippen molar-refractivity contribution in [3.05, 3.63) is 46.1 Å². The minimum Gasteiger partial charge on any atom is -0.496 e. The van der Waals surface area contributed by atoms with Gasteiger partial charge in [0.05, 0.1) is 12.8 Å². The minimum atomic E-state index is 0.929. The van der Waals surface area contributed by atoms with E-state index in [1.165, 1.54) is 5.56 Å². The average molecular weight is 335 g/mol. The molecular weight excluding hydrogens is 316 g/mol. The van der Waals surface area contributed by atoms with Gasteiger partial charge >= 0.3 is 0 Å². The molecule has 0 bridgehead atoms. The van der Waals surface area contributed by atoms with Gasteiger partial charge in [0.1, 0.15) is 11.6 Å². The van der Waals surface area contributed by atoms with Crippen LogP contribution in [-0.4, -0.2) is 19.1 Å². The fourth-order valence-electron chi connectivity index (χ4n) is 2.10. The van der Waals surface area contributed by atoms with Gasteiger partial charge < -0.3 is 9.64 Å². The molecule has 1 heterocycles. The highest BCUT2D eigenvalue weighted by Gasteiger charge is 2.09. The summed E-state index contributed by atoms with van der Waals surface area (Å²) in [6, 6.07) is 10.2. The number of pyridine rings is 1. The topological polar surface area (TPSA) is 25.4 Å². The summed E-state index contributed by atoms with van der Waals surface area (Å²) >= 11 is 3.48. The normalized spacial score (nSPS) is 10.4. The third kappa shape index (κ3) is 2.96. The predicted octanol–water partition coefficient (Wildman–Crippen LogP) is 4.49. The number of ether oxygens (including phenoxy) is 1. The van der Waals surface area contributed by atoms with Crippen molar-refractivity contribution >= 4 is 27.4 Å². The molecule has 0 aliphatic rings. The molecule has 2 aromatic rings. The summed E-state index contributed by atoms with van der Waals surface area (Å²) in [5.74, 6) is 1.86. The number of halogens is 1. The van der Waals surface area contributed by atoms with Crippen molar-refractivity contribution in [2.45, 2.75) is 20.3 Å². The summed E-state index contributed by atoms with van der Waals surface area (Å²) in [5.41, 5.74) is 3.29. The van der Waals surface area contributed by atoms with Crippen LogP contribution in [0.2, 0.25) is 0 Å². The summed E-state index contributed by atoms with van der Waals surface area (Å²) in [4.78, 5) is 6.68. The second kappa shape index (κ2) is 6.27. The summed E-state index contributed by atoms with van der Waals surface area (Å²) in [6.45, 7) is 4.12. The van der Waals surface area contributed by atoms with Crippen molar-refractivity contribution in [2.24, 2.45) is 0 Å². The number of aryl methyl sites for hydroxylation is 2. The third-order valence-electron chi connectivity index (χ3n) is 3.38. The highest BCUT2D eigenvalue weighted by molar-refractivity contribution is 9.10. The van der Waals surface area contributed by atoms with E-state index in [9.17, 15) is 0 Å². The minimum absolute atomic E-state index is 0.929. The van der Waals surface area contributed by atoms with Gasteiger partial charge in [-0.15, -0.1) is 0 Å². The molecule has 0 saturated heterocycles. The number of nitrogens with zero attached hydrogens (tertiary/aromatic N) is 2. The number of hydrogen-bond acceptors (Lipinski definition) is 3. The van der Waals surface area contributed by atoms with E-state index in [4.69, 9.17) is 4.74 Å². The van der Waals surface area contributed by atoms with Gasteiger partial charge in [0.2, 0.25) is 0 Å². The lowest BCUT2D eigenvalue weighted by Gasteiger charge is -2.20. The van der Waals surface area contributed by atoms with Crippen molar-refractivity contribution < 1.29 is 4.74 Å². The first-order chi connectivity index (χ1) is 9.56. The monoisotopic (exact) mass is 334 g/mol. The Bertz CT molecular complexity index is 613. The number of rotatable bonds is 4. The van der Waals surface area contributed by atoms with E-state index < -0.39 is 0 Å². The fraction of sp³-hybridized carbons (Fsp3) is 0.312. The number of hydrogen-bond donors (Lipinski definition) is 0. The Labute approximate surface area is 128 Å². The van der Waals surface area contributed by atoms with Crippen LogP contribution in [0, 0.1) is 6.92 Å². The lowest BCUT2D eigenvalue weighted by Crippen LogP contribution is -2.12. The highest BCUT2D eigenvalue weighted by atomic mass is 79.9. The molecule has 0 amide bonds. The van der Waals surface area contributed by atoms with E-state index in [-0.39, 0.29) is 0 Å². The number of benzene rings is 1. The first-order valence-corrected chi connectivity index (χ1v) is 7.40. The Kier molecular flexibility index (Phi) is 4.65. The second-order valence-electron chi connectivity index (χ2n) is 4.65. The fourth-order valence-corrected chi connectivity index (χ4v) is 2.32. The Morgan fingerprint density at radius 2 is 2.00 bits per heavy atom. The Hall–Kier alpha value is -1.55. The number of aromatic nitrogens is 1. The van der Waals surface area contributed by atoms with Crippen molar-refractivity contribution in [1.29, 1.82) is 0 Å². The molecule has 0 N–H and O–H groups in total. The molecule has 0 aliphatic heterocycles. The Balaban J connectivity index is 2.37. The van der Waals surface area contributed by atoms with Crippen LogP contribution in [0.3, 0.4) is 0 Å². The quantitative estimate of drug-likeness (QED) is 0.823. The van der Waals surface area contributed by atoms with Crippen molar-refractivity contribution in [3.8, 4) is 5.75 Å². The smallest absolute Gasteiger partial charge is 0.133 e. The van der Waals surface area contributed by atoms with E-state index in [0.717, 1.165) is 33.8 Å². The maximum atomic E-state index is 5.37. The van der Waals surface area contributed by atoms with Crippen LogP contribution in [0.4, 0.5) is 11.5 Å². The van der Waals surface area contributed by atoms with Crippen molar-refractivity contribution in [2.75, 3.05) is 19.1 Å². The molecule has 0 spiro atoms. The maximum absolute atomic E-state index is 5.37. The molecule has 0 saturated carbocycles. The molecule has 3 nitrogen and oxygen atoms in total. The van der Waals surface area contributed by atoms with Crippen molar-refractivity contribution in [1.82, 2.24) is 4.98 Å². The van der Waals surface area contributed by atoms with Gasteiger partial charge in [-0.2, -0.15) is 0 Å². The zero-order valence-corrected chi connectivity index (χ0v) is 13.9. The van der Waals surface area contributed by atoms with E-state index in [1.807, 2.05) is 32.2 Å². The molecule has 1 aromatic carbocycles. The molecule has 4 heteroatoms.